The number of halogens is 2. The van der Waals surface area contributed by atoms with Crippen molar-refractivity contribution in [1.82, 2.24) is 5.32 Å². The van der Waals surface area contributed by atoms with Gasteiger partial charge in [-0.3, -0.25) is 14.9 Å². The van der Waals surface area contributed by atoms with Crippen molar-refractivity contribution in [2.45, 2.75) is 0 Å². The number of nitro benzene ring substituents is 1. The molecule has 104 valence electrons. The van der Waals surface area contributed by atoms with Gasteiger partial charge in [0.05, 0.1) is 32.5 Å². The second-order valence-electron chi connectivity index (χ2n) is 3.54. The summed E-state index contributed by atoms with van der Waals surface area (Å²) in [4.78, 5) is 21.2. The fraction of sp³-hybridized carbons (Fsp3) is 0.100. The third kappa shape index (κ3) is 3.27. The van der Waals surface area contributed by atoms with E-state index in [1.807, 2.05) is 0 Å². The summed E-state index contributed by atoms with van der Waals surface area (Å²) in [5.41, 5.74) is -0.172. The molecule has 20 heavy (non-hydrogen) atoms. The van der Waals surface area contributed by atoms with Gasteiger partial charge in [-0.1, -0.05) is 35.0 Å². The van der Waals surface area contributed by atoms with E-state index in [0.29, 0.717) is 5.17 Å². The van der Waals surface area contributed by atoms with Crippen molar-refractivity contribution in [3.63, 3.8) is 0 Å². The minimum Gasteiger partial charge on any atom is -0.303 e. The number of carbonyl (C=O) groups excluding carboxylic acids is 1. The molecule has 2 rings (SSSR count). The van der Waals surface area contributed by atoms with Crippen LogP contribution in [-0.4, -0.2) is 28.0 Å². The Morgan fingerprint density at radius 1 is 1.45 bits per heavy atom. The van der Waals surface area contributed by atoms with Crippen LogP contribution in [-0.2, 0) is 4.79 Å². The first-order valence-corrected chi connectivity index (χ1v) is 6.89. The Morgan fingerprint density at radius 2 is 2.20 bits per heavy atom. The van der Waals surface area contributed by atoms with Gasteiger partial charge in [-0.15, -0.1) is 5.10 Å². The van der Waals surface area contributed by atoms with Gasteiger partial charge in [-0.05, 0) is 6.07 Å². The molecule has 1 amide bonds. The van der Waals surface area contributed by atoms with Gasteiger partial charge >= 0.3 is 0 Å². The summed E-state index contributed by atoms with van der Waals surface area (Å²) in [5, 5.41) is 21.3. The smallest absolute Gasteiger partial charge is 0.279 e. The van der Waals surface area contributed by atoms with Crippen LogP contribution in [0.3, 0.4) is 0 Å². The highest BCUT2D eigenvalue weighted by molar-refractivity contribution is 8.15. The minimum atomic E-state index is -0.594. The van der Waals surface area contributed by atoms with Crippen molar-refractivity contribution in [3.8, 4) is 0 Å². The lowest BCUT2D eigenvalue weighted by molar-refractivity contribution is -0.385. The van der Waals surface area contributed by atoms with Gasteiger partial charge in [0, 0.05) is 6.07 Å². The van der Waals surface area contributed by atoms with Crippen LogP contribution in [0.5, 0.6) is 0 Å². The van der Waals surface area contributed by atoms with Crippen molar-refractivity contribution in [3.05, 3.63) is 37.9 Å². The number of hydrogen-bond donors (Lipinski definition) is 1. The molecular formula is C10H6Cl2N4O3S. The van der Waals surface area contributed by atoms with E-state index >= 15 is 0 Å². The van der Waals surface area contributed by atoms with Gasteiger partial charge in [-0.2, -0.15) is 5.10 Å². The molecule has 0 saturated carbocycles. The molecule has 1 N–H and O–H groups in total. The molecule has 0 radical (unpaired) electrons. The number of amides is 1. The molecule has 0 atom stereocenters. The van der Waals surface area contributed by atoms with E-state index in [2.05, 4.69) is 15.5 Å². The van der Waals surface area contributed by atoms with Crippen LogP contribution in [0.15, 0.2) is 22.3 Å². The number of thioether (sulfide) groups is 1. The monoisotopic (exact) mass is 332 g/mol. The topological polar surface area (TPSA) is 97.0 Å². The molecule has 1 heterocycles. The standard InChI is InChI=1S/C10H6Cl2N4O3S/c11-6-1-2-7(16(18)19)5(9(6)12)3-13-15-10-14-8(17)4-20-10/h1-3H,4H2,(H,14,15,17). The van der Waals surface area contributed by atoms with E-state index < -0.39 is 4.92 Å². The SMILES string of the molecule is O=C1CSC(=NN=Cc2c([N+](=O)[O-])ccc(Cl)c2Cl)N1. The number of nitrogens with one attached hydrogen (secondary N) is 1. The molecular weight excluding hydrogens is 327 g/mol. The van der Waals surface area contributed by atoms with Crippen molar-refractivity contribution in [1.29, 1.82) is 0 Å². The van der Waals surface area contributed by atoms with E-state index in [1.165, 1.54) is 23.9 Å². The fourth-order valence-electron chi connectivity index (χ4n) is 1.36. The van der Waals surface area contributed by atoms with Crippen molar-refractivity contribution in [2.24, 2.45) is 10.2 Å². The predicted molar refractivity (Wildman–Crippen MR) is 78.7 cm³/mol. The number of nitrogens with zero attached hydrogens (tertiary/aromatic N) is 3. The Balaban J connectivity index is 2.30. The van der Waals surface area contributed by atoms with E-state index in [9.17, 15) is 14.9 Å². The maximum Gasteiger partial charge on any atom is 0.279 e. The van der Waals surface area contributed by atoms with Crippen LogP contribution in [0, 0.1) is 10.1 Å². The molecule has 0 aliphatic carbocycles. The summed E-state index contributed by atoms with van der Waals surface area (Å²) in [6, 6.07) is 2.56. The molecule has 7 nitrogen and oxygen atoms in total. The predicted octanol–water partition coefficient (Wildman–Crippen LogP) is 2.45. The number of amidine groups is 1. The van der Waals surface area contributed by atoms with Crippen LogP contribution >= 0.6 is 35.0 Å². The fourth-order valence-corrected chi connectivity index (χ4v) is 2.36. The van der Waals surface area contributed by atoms with Crippen LogP contribution in [0.1, 0.15) is 5.56 Å². The summed E-state index contributed by atoms with van der Waals surface area (Å²) in [6.45, 7) is 0. The van der Waals surface area contributed by atoms with Gasteiger partial charge in [0.25, 0.3) is 5.69 Å². The summed E-state index contributed by atoms with van der Waals surface area (Å²) >= 11 is 12.9. The third-order valence-electron chi connectivity index (χ3n) is 2.23. The zero-order valence-electron chi connectivity index (χ0n) is 9.67. The highest BCUT2D eigenvalue weighted by atomic mass is 35.5. The Morgan fingerprint density at radius 3 is 2.80 bits per heavy atom. The molecule has 0 bridgehead atoms. The van der Waals surface area contributed by atoms with Crippen LogP contribution in [0.4, 0.5) is 5.69 Å². The van der Waals surface area contributed by atoms with Gasteiger partial charge in [0.2, 0.25) is 5.91 Å². The quantitative estimate of drug-likeness (QED) is 0.522. The largest absolute Gasteiger partial charge is 0.303 e. The minimum absolute atomic E-state index is 0.0212. The lowest BCUT2D eigenvalue weighted by Gasteiger charge is -2.01. The summed E-state index contributed by atoms with van der Waals surface area (Å²) < 4.78 is 0. The summed E-state index contributed by atoms with van der Waals surface area (Å²) in [6.07, 6.45) is 1.13. The third-order valence-corrected chi connectivity index (χ3v) is 3.91. The Hall–Kier alpha value is -1.64. The summed E-state index contributed by atoms with van der Waals surface area (Å²) in [7, 11) is 0. The molecule has 0 unspecified atom stereocenters. The number of benzene rings is 1. The number of hydrogen-bond acceptors (Lipinski definition) is 6. The lowest BCUT2D eigenvalue weighted by Crippen LogP contribution is -2.19. The molecule has 1 aliphatic heterocycles. The molecule has 0 spiro atoms. The first kappa shape index (κ1) is 14.8. The Labute approximate surface area is 127 Å². The van der Waals surface area contributed by atoms with Gasteiger partial charge in [-0.25, -0.2) is 0 Å². The normalized spacial score (nSPS) is 16.9. The number of rotatable bonds is 3. The average molecular weight is 333 g/mol. The molecule has 1 aromatic carbocycles. The van der Waals surface area contributed by atoms with E-state index in [4.69, 9.17) is 23.2 Å². The highest BCUT2D eigenvalue weighted by Gasteiger charge is 2.18. The maximum atomic E-state index is 10.9. The molecule has 0 aromatic heterocycles. The van der Waals surface area contributed by atoms with E-state index in [1.54, 1.807) is 0 Å². The Kier molecular flexibility index (Phi) is 4.58. The van der Waals surface area contributed by atoms with Crippen molar-refractivity contribution < 1.29 is 9.72 Å². The van der Waals surface area contributed by atoms with Crippen molar-refractivity contribution in [2.75, 3.05) is 5.75 Å². The number of nitro groups is 1. The van der Waals surface area contributed by atoms with Gasteiger partial charge in [0.15, 0.2) is 5.17 Å². The van der Waals surface area contributed by atoms with Crippen LogP contribution in [0.2, 0.25) is 10.0 Å². The van der Waals surface area contributed by atoms with E-state index in [-0.39, 0.29) is 33.0 Å². The molecule has 10 heteroatoms. The van der Waals surface area contributed by atoms with Gasteiger partial charge in [0.1, 0.15) is 0 Å². The maximum absolute atomic E-state index is 10.9. The van der Waals surface area contributed by atoms with Crippen molar-refractivity contribution >= 4 is 57.9 Å². The van der Waals surface area contributed by atoms with Crippen LogP contribution in [0.25, 0.3) is 0 Å². The van der Waals surface area contributed by atoms with Crippen LogP contribution < -0.4 is 5.32 Å². The van der Waals surface area contributed by atoms with Gasteiger partial charge < -0.3 is 5.32 Å². The molecule has 1 fully saturated rings. The second-order valence-corrected chi connectivity index (χ2v) is 5.29. The molecule has 1 saturated heterocycles. The number of carbonyl (C=O) groups is 1. The molecule has 1 aromatic rings. The second kappa shape index (κ2) is 6.21. The first-order chi connectivity index (χ1) is 9.49. The Bertz CT molecular complexity index is 648. The van der Waals surface area contributed by atoms with E-state index in [0.717, 1.165) is 6.21 Å². The first-order valence-electron chi connectivity index (χ1n) is 5.15. The molecule has 1 aliphatic rings. The average Bonchev–Trinajstić information content (AvgIpc) is 2.80. The lowest BCUT2D eigenvalue weighted by atomic mass is 10.2. The summed E-state index contributed by atoms with van der Waals surface area (Å²) in [5.74, 6) is 0.0996. The zero-order valence-corrected chi connectivity index (χ0v) is 12.0. The zero-order chi connectivity index (χ0) is 14.7. The highest BCUT2D eigenvalue weighted by Crippen LogP contribution is 2.31.